The lowest BCUT2D eigenvalue weighted by Crippen LogP contribution is -2.54. The molecule has 5 nitrogen and oxygen atoms in total. The van der Waals surface area contributed by atoms with E-state index in [4.69, 9.17) is 4.74 Å². The van der Waals surface area contributed by atoms with Gasteiger partial charge in [0.25, 0.3) is 0 Å². The number of carbonyl (C=O) groups is 1. The number of amides is 1. The summed E-state index contributed by atoms with van der Waals surface area (Å²) in [6, 6.07) is 14.3. The first-order valence-corrected chi connectivity index (χ1v) is 10.5. The second-order valence-electron chi connectivity index (χ2n) is 7.77. The molecule has 2 aromatic carbocycles. The summed E-state index contributed by atoms with van der Waals surface area (Å²) in [6.07, 6.45) is 0.767. The van der Waals surface area contributed by atoms with Gasteiger partial charge < -0.3 is 15.0 Å². The summed E-state index contributed by atoms with van der Waals surface area (Å²) in [6.45, 7) is 10.7. The predicted molar refractivity (Wildman–Crippen MR) is 119 cm³/mol. The van der Waals surface area contributed by atoms with Crippen molar-refractivity contribution in [2.75, 3.05) is 44.7 Å². The molecule has 0 spiro atoms. The Hall–Kier alpha value is -2.53. The van der Waals surface area contributed by atoms with E-state index >= 15 is 0 Å². The standard InChI is InChI=1S/C24H33N3O2/c1-18-8-7-10-22(19(18)2)27-16-14-26(15-17-27)20(3)24(28)25-13-12-21-9-5-6-11-23(21)29-4/h5-11,20H,12-17H2,1-4H3,(H,25,28)/t20-/m1/s1. The summed E-state index contributed by atoms with van der Waals surface area (Å²) in [4.78, 5) is 17.4. The number of methoxy groups -OCH3 is 1. The maximum absolute atomic E-state index is 12.6. The molecule has 1 amide bonds. The molecule has 3 rings (SSSR count). The Labute approximate surface area is 174 Å². The van der Waals surface area contributed by atoms with E-state index in [0.29, 0.717) is 6.54 Å². The minimum absolute atomic E-state index is 0.0973. The van der Waals surface area contributed by atoms with Crippen molar-refractivity contribution in [2.24, 2.45) is 0 Å². The molecule has 1 fully saturated rings. The maximum Gasteiger partial charge on any atom is 0.237 e. The Bertz CT molecular complexity index is 829. The molecule has 0 radical (unpaired) electrons. The molecule has 2 aromatic rings. The first-order chi connectivity index (χ1) is 14.0. The number of rotatable bonds is 7. The molecular weight excluding hydrogens is 362 g/mol. The van der Waals surface area contributed by atoms with Crippen molar-refractivity contribution in [3.63, 3.8) is 0 Å². The van der Waals surface area contributed by atoms with Gasteiger partial charge in [-0.25, -0.2) is 0 Å². The summed E-state index contributed by atoms with van der Waals surface area (Å²) in [5.74, 6) is 0.970. The van der Waals surface area contributed by atoms with Crippen LogP contribution in [0.15, 0.2) is 42.5 Å². The van der Waals surface area contributed by atoms with Crippen molar-refractivity contribution in [2.45, 2.75) is 33.2 Å². The third-order valence-electron chi connectivity index (χ3n) is 6.04. The predicted octanol–water partition coefficient (Wildman–Crippen LogP) is 3.18. The van der Waals surface area contributed by atoms with Crippen LogP contribution in [0.25, 0.3) is 0 Å². The Kier molecular flexibility index (Phi) is 7.15. The number of nitrogens with one attached hydrogen (secondary N) is 1. The summed E-state index contributed by atoms with van der Waals surface area (Å²) >= 11 is 0. The van der Waals surface area contributed by atoms with Gasteiger partial charge in [-0.1, -0.05) is 30.3 Å². The number of anilines is 1. The van der Waals surface area contributed by atoms with E-state index in [-0.39, 0.29) is 11.9 Å². The van der Waals surface area contributed by atoms with E-state index < -0.39 is 0 Å². The van der Waals surface area contributed by atoms with E-state index in [2.05, 4.69) is 47.2 Å². The number of ether oxygens (including phenoxy) is 1. The zero-order valence-electron chi connectivity index (χ0n) is 18.1. The summed E-state index contributed by atoms with van der Waals surface area (Å²) in [7, 11) is 1.68. The first-order valence-electron chi connectivity index (χ1n) is 10.5. The zero-order valence-corrected chi connectivity index (χ0v) is 18.1. The van der Waals surface area contributed by atoms with Crippen molar-refractivity contribution >= 4 is 11.6 Å². The van der Waals surface area contributed by atoms with Gasteiger partial charge in [0.05, 0.1) is 13.2 Å². The van der Waals surface area contributed by atoms with Gasteiger partial charge in [0.2, 0.25) is 5.91 Å². The number of piperazine rings is 1. The molecule has 1 heterocycles. The molecule has 1 N–H and O–H groups in total. The van der Waals surface area contributed by atoms with Crippen LogP contribution in [-0.2, 0) is 11.2 Å². The average molecular weight is 396 g/mol. The second kappa shape index (κ2) is 9.79. The molecule has 1 aliphatic rings. The van der Waals surface area contributed by atoms with Gasteiger partial charge in [0.15, 0.2) is 0 Å². The Morgan fingerprint density at radius 1 is 1.07 bits per heavy atom. The van der Waals surface area contributed by atoms with Gasteiger partial charge >= 0.3 is 0 Å². The van der Waals surface area contributed by atoms with Crippen LogP contribution < -0.4 is 15.0 Å². The minimum Gasteiger partial charge on any atom is -0.496 e. The lowest BCUT2D eigenvalue weighted by atomic mass is 10.1. The molecule has 0 aromatic heterocycles. The number of benzene rings is 2. The number of hydrogen-bond donors (Lipinski definition) is 1. The zero-order chi connectivity index (χ0) is 20.8. The quantitative estimate of drug-likeness (QED) is 0.782. The van der Waals surface area contributed by atoms with Crippen LogP contribution >= 0.6 is 0 Å². The van der Waals surface area contributed by atoms with Crippen LogP contribution in [0.3, 0.4) is 0 Å². The summed E-state index contributed by atoms with van der Waals surface area (Å²) in [5, 5.41) is 3.09. The number of carbonyl (C=O) groups excluding carboxylic acids is 1. The smallest absolute Gasteiger partial charge is 0.237 e. The second-order valence-corrected chi connectivity index (χ2v) is 7.77. The third kappa shape index (κ3) is 5.10. The SMILES string of the molecule is COc1ccccc1CCNC(=O)[C@@H](C)N1CCN(c2cccc(C)c2C)CC1. The molecule has 156 valence electrons. The Morgan fingerprint density at radius 2 is 1.79 bits per heavy atom. The van der Waals surface area contributed by atoms with Crippen LogP contribution in [0.5, 0.6) is 5.75 Å². The van der Waals surface area contributed by atoms with Gasteiger partial charge in [0.1, 0.15) is 5.75 Å². The number of nitrogens with zero attached hydrogens (tertiary/aromatic N) is 2. The fraction of sp³-hybridized carbons (Fsp3) is 0.458. The third-order valence-corrected chi connectivity index (χ3v) is 6.04. The average Bonchev–Trinajstić information content (AvgIpc) is 2.75. The molecule has 0 unspecified atom stereocenters. The lowest BCUT2D eigenvalue weighted by molar-refractivity contribution is -0.125. The molecular formula is C24H33N3O2. The largest absolute Gasteiger partial charge is 0.496 e. The number of aryl methyl sites for hydroxylation is 1. The molecule has 0 aliphatic carbocycles. The van der Waals surface area contributed by atoms with E-state index in [0.717, 1.165) is 43.9 Å². The lowest BCUT2D eigenvalue weighted by Gasteiger charge is -2.39. The van der Waals surface area contributed by atoms with Crippen molar-refractivity contribution < 1.29 is 9.53 Å². The molecule has 1 atom stereocenters. The highest BCUT2D eigenvalue weighted by Gasteiger charge is 2.26. The molecule has 1 saturated heterocycles. The summed E-state index contributed by atoms with van der Waals surface area (Å²) < 4.78 is 5.38. The maximum atomic E-state index is 12.6. The van der Waals surface area contributed by atoms with Gasteiger partial charge in [0, 0.05) is 38.4 Å². The first kappa shape index (κ1) is 21.2. The molecule has 1 aliphatic heterocycles. The van der Waals surface area contributed by atoms with Gasteiger partial charge in [-0.2, -0.15) is 0 Å². The van der Waals surface area contributed by atoms with E-state index in [1.54, 1.807) is 7.11 Å². The van der Waals surface area contributed by atoms with E-state index in [1.807, 2.05) is 31.2 Å². The highest BCUT2D eigenvalue weighted by molar-refractivity contribution is 5.81. The highest BCUT2D eigenvalue weighted by Crippen LogP contribution is 2.24. The van der Waals surface area contributed by atoms with Gasteiger partial charge in [-0.05, 0) is 56.0 Å². The minimum atomic E-state index is -0.117. The fourth-order valence-corrected chi connectivity index (χ4v) is 3.97. The van der Waals surface area contributed by atoms with Gasteiger partial charge in [-0.15, -0.1) is 0 Å². The highest BCUT2D eigenvalue weighted by atomic mass is 16.5. The fourth-order valence-electron chi connectivity index (χ4n) is 3.97. The monoisotopic (exact) mass is 395 g/mol. The van der Waals surface area contributed by atoms with Crippen LogP contribution in [0.2, 0.25) is 0 Å². The van der Waals surface area contributed by atoms with Crippen LogP contribution in [0.4, 0.5) is 5.69 Å². The van der Waals surface area contributed by atoms with Crippen molar-refractivity contribution in [1.82, 2.24) is 10.2 Å². The molecule has 29 heavy (non-hydrogen) atoms. The van der Waals surface area contributed by atoms with E-state index in [1.165, 1.54) is 16.8 Å². The normalized spacial score (nSPS) is 15.8. The molecule has 0 saturated carbocycles. The Balaban J connectivity index is 1.48. The topological polar surface area (TPSA) is 44.8 Å². The van der Waals surface area contributed by atoms with Crippen molar-refractivity contribution in [3.05, 3.63) is 59.2 Å². The number of hydrogen-bond acceptors (Lipinski definition) is 4. The van der Waals surface area contributed by atoms with Crippen LogP contribution in [-0.4, -0.2) is 56.7 Å². The molecule has 0 bridgehead atoms. The van der Waals surface area contributed by atoms with Crippen LogP contribution in [0.1, 0.15) is 23.6 Å². The number of para-hydroxylation sites is 1. The van der Waals surface area contributed by atoms with Crippen LogP contribution in [0, 0.1) is 13.8 Å². The Morgan fingerprint density at radius 3 is 2.52 bits per heavy atom. The van der Waals surface area contributed by atoms with Crippen molar-refractivity contribution in [1.29, 1.82) is 0 Å². The molecule has 5 heteroatoms. The van der Waals surface area contributed by atoms with Crippen molar-refractivity contribution in [3.8, 4) is 5.75 Å². The van der Waals surface area contributed by atoms with Gasteiger partial charge in [-0.3, -0.25) is 9.69 Å². The summed E-state index contributed by atoms with van der Waals surface area (Å²) in [5.41, 5.74) is 5.11. The van der Waals surface area contributed by atoms with E-state index in [9.17, 15) is 4.79 Å².